The van der Waals surface area contributed by atoms with Gasteiger partial charge in [0.25, 0.3) is 0 Å². The molecular weight excluding hydrogens is 386 g/mol. The summed E-state index contributed by atoms with van der Waals surface area (Å²) in [7, 11) is 1.96. The summed E-state index contributed by atoms with van der Waals surface area (Å²) in [6.07, 6.45) is 2.07. The van der Waals surface area contributed by atoms with Crippen LogP contribution in [0.5, 0.6) is 0 Å². The Hall–Kier alpha value is -2.23. The van der Waals surface area contributed by atoms with E-state index in [-0.39, 0.29) is 12.1 Å². The third-order valence-corrected chi connectivity index (χ3v) is 6.00. The van der Waals surface area contributed by atoms with Gasteiger partial charge in [0.1, 0.15) is 12.4 Å². The molecule has 9 heteroatoms. The van der Waals surface area contributed by atoms with E-state index in [9.17, 15) is 0 Å². The lowest BCUT2D eigenvalue weighted by molar-refractivity contribution is -0.0334. The number of aryl methyl sites for hydroxylation is 1. The van der Waals surface area contributed by atoms with Crippen LogP contribution in [0.2, 0.25) is 0 Å². The molecule has 8 nitrogen and oxygen atoms in total. The highest BCUT2D eigenvalue weighted by molar-refractivity contribution is 7.10. The van der Waals surface area contributed by atoms with Crippen LogP contribution in [0.1, 0.15) is 29.5 Å². The number of hydrogen-bond donors (Lipinski definition) is 2. The van der Waals surface area contributed by atoms with Gasteiger partial charge >= 0.3 is 0 Å². The molecule has 1 saturated heterocycles. The van der Waals surface area contributed by atoms with E-state index in [2.05, 4.69) is 56.7 Å². The highest BCUT2D eigenvalue weighted by Gasteiger charge is 2.26. The van der Waals surface area contributed by atoms with Crippen molar-refractivity contribution in [2.24, 2.45) is 12.0 Å². The fourth-order valence-electron chi connectivity index (χ4n) is 3.29. The summed E-state index contributed by atoms with van der Waals surface area (Å²) in [5, 5.41) is 17.2. The van der Waals surface area contributed by atoms with Gasteiger partial charge in [0.2, 0.25) is 0 Å². The van der Waals surface area contributed by atoms with Crippen LogP contribution in [0.3, 0.4) is 0 Å². The third kappa shape index (κ3) is 5.88. The molecule has 2 atom stereocenters. The molecule has 2 aromatic heterocycles. The van der Waals surface area contributed by atoms with Crippen LogP contribution in [-0.2, 0) is 18.3 Å². The second-order valence-electron chi connectivity index (χ2n) is 7.15. The molecule has 0 spiro atoms. The Balaban J connectivity index is 1.70. The van der Waals surface area contributed by atoms with Crippen molar-refractivity contribution in [2.75, 3.05) is 32.8 Å². The predicted octanol–water partition coefficient (Wildman–Crippen LogP) is 1.87. The predicted molar refractivity (Wildman–Crippen MR) is 117 cm³/mol. The molecule has 0 amide bonds. The molecule has 0 aliphatic carbocycles. The highest BCUT2D eigenvalue weighted by Crippen LogP contribution is 2.26. The smallest absolute Gasteiger partial charge is 0.192 e. The molecule has 0 saturated carbocycles. The summed E-state index contributed by atoms with van der Waals surface area (Å²) in [4.78, 5) is 8.54. The number of aliphatic imine (C=N–C) groups is 1. The highest BCUT2D eigenvalue weighted by atomic mass is 32.1. The van der Waals surface area contributed by atoms with Gasteiger partial charge in [0, 0.05) is 38.1 Å². The summed E-state index contributed by atoms with van der Waals surface area (Å²) < 4.78 is 7.69. The minimum atomic E-state index is 0.248. The van der Waals surface area contributed by atoms with Gasteiger partial charge in [-0.25, -0.2) is 4.99 Å². The number of guanidine groups is 1. The first-order valence-corrected chi connectivity index (χ1v) is 10.8. The molecule has 1 aliphatic rings. The Kier molecular flexibility index (Phi) is 7.79. The third-order valence-electron chi connectivity index (χ3n) is 5.02. The van der Waals surface area contributed by atoms with Gasteiger partial charge in [0.05, 0.1) is 18.8 Å². The summed E-state index contributed by atoms with van der Waals surface area (Å²) in [5.74, 6) is 2.45. The van der Waals surface area contributed by atoms with Crippen LogP contribution in [0.25, 0.3) is 0 Å². The first-order valence-electron chi connectivity index (χ1n) is 9.95. The average Bonchev–Trinajstić information content (AvgIpc) is 3.35. The zero-order valence-electron chi connectivity index (χ0n) is 17.5. The van der Waals surface area contributed by atoms with Crippen molar-refractivity contribution in [1.82, 2.24) is 30.3 Å². The number of hydrogen-bond acceptors (Lipinski definition) is 6. The molecule has 2 unspecified atom stereocenters. The molecule has 1 fully saturated rings. The lowest BCUT2D eigenvalue weighted by Crippen LogP contribution is -2.48. The normalized spacial score (nSPS) is 19.1. The number of morpholine rings is 1. The first-order chi connectivity index (χ1) is 14.1. The van der Waals surface area contributed by atoms with Crippen molar-refractivity contribution < 1.29 is 4.74 Å². The minimum absolute atomic E-state index is 0.248. The van der Waals surface area contributed by atoms with Gasteiger partial charge in [-0.3, -0.25) is 4.90 Å². The van der Waals surface area contributed by atoms with Gasteiger partial charge in [-0.2, -0.15) is 0 Å². The summed E-state index contributed by atoms with van der Waals surface area (Å²) in [6, 6.07) is 4.58. The van der Waals surface area contributed by atoms with Crippen molar-refractivity contribution in [3.05, 3.63) is 46.7 Å². The lowest BCUT2D eigenvalue weighted by Gasteiger charge is -2.37. The molecule has 0 radical (unpaired) electrons. The Morgan fingerprint density at radius 1 is 1.48 bits per heavy atom. The molecular formula is C20H31N7OS. The number of ether oxygens (including phenoxy) is 1. The van der Waals surface area contributed by atoms with Crippen molar-refractivity contribution >= 4 is 17.3 Å². The fraction of sp³-hybridized carbons (Fsp3) is 0.550. The summed E-state index contributed by atoms with van der Waals surface area (Å²) in [6.45, 7) is 12.3. The second kappa shape index (κ2) is 10.5. The van der Waals surface area contributed by atoms with Crippen LogP contribution in [0, 0.1) is 6.92 Å². The Morgan fingerprint density at radius 3 is 3.00 bits per heavy atom. The lowest BCUT2D eigenvalue weighted by atomic mass is 10.1. The van der Waals surface area contributed by atoms with Crippen LogP contribution < -0.4 is 10.6 Å². The molecule has 0 aromatic carbocycles. The molecule has 29 heavy (non-hydrogen) atoms. The molecule has 3 heterocycles. The van der Waals surface area contributed by atoms with Gasteiger partial charge in [-0.1, -0.05) is 12.1 Å². The van der Waals surface area contributed by atoms with Crippen LogP contribution in [0.4, 0.5) is 0 Å². The fourth-order valence-corrected chi connectivity index (χ4v) is 4.15. The number of nitrogens with one attached hydrogen (secondary N) is 2. The quantitative estimate of drug-likeness (QED) is 0.388. The van der Waals surface area contributed by atoms with Gasteiger partial charge < -0.3 is 19.9 Å². The maximum absolute atomic E-state index is 5.73. The number of aromatic nitrogens is 3. The van der Waals surface area contributed by atoms with E-state index in [1.165, 1.54) is 4.88 Å². The van der Waals surface area contributed by atoms with Crippen molar-refractivity contribution in [2.45, 2.75) is 32.5 Å². The van der Waals surface area contributed by atoms with Crippen molar-refractivity contribution in [3.63, 3.8) is 0 Å². The number of thiophene rings is 1. The largest absolute Gasteiger partial charge is 0.376 e. The SMILES string of the molecule is C=CCNC(=NCc1nnc(C)n1C)NCC(c1cccs1)N1CCOC(C)C1. The van der Waals surface area contributed by atoms with Crippen molar-refractivity contribution in [1.29, 1.82) is 0 Å². The Bertz CT molecular complexity index is 802. The Labute approximate surface area is 176 Å². The van der Waals surface area contributed by atoms with Crippen LogP contribution >= 0.6 is 11.3 Å². The maximum Gasteiger partial charge on any atom is 0.192 e. The topological polar surface area (TPSA) is 79.6 Å². The van der Waals surface area contributed by atoms with Crippen molar-refractivity contribution in [3.8, 4) is 0 Å². The standard InChI is InChI=1S/C20H31N7OS/c1-5-8-21-20(23-13-19-25-24-16(3)26(19)4)22-12-17(18-7-6-11-29-18)27-9-10-28-15(2)14-27/h5-7,11,15,17H,1,8-10,12-14H2,2-4H3,(H2,21,22,23). The zero-order chi connectivity index (χ0) is 20.6. The summed E-state index contributed by atoms with van der Waals surface area (Å²) >= 11 is 1.79. The zero-order valence-corrected chi connectivity index (χ0v) is 18.3. The van der Waals surface area contributed by atoms with E-state index >= 15 is 0 Å². The number of nitrogens with zero attached hydrogens (tertiary/aromatic N) is 5. The van der Waals surface area contributed by atoms with Crippen LogP contribution in [0.15, 0.2) is 35.2 Å². The first kappa shape index (κ1) is 21.5. The monoisotopic (exact) mass is 417 g/mol. The average molecular weight is 418 g/mol. The van der Waals surface area contributed by atoms with Gasteiger partial charge in [-0.15, -0.1) is 28.1 Å². The molecule has 158 valence electrons. The molecule has 1 aliphatic heterocycles. The van der Waals surface area contributed by atoms with Gasteiger partial charge in [-0.05, 0) is 25.3 Å². The maximum atomic E-state index is 5.73. The molecule has 0 bridgehead atoms. The van der Waals surface area contributed by atoms with Gasteiger partial charge in [0.15, 0.2) is 11.8 Å². The van der Waals surface area contributed by atoms with E-state index in [1.807, 2.05) is 24.6 Å². The minimum Gasteiger partial charge on any atom is -0.376 e. The molecule has 3 rings (SSSR count). The molecule has 2 N–H and O–H groups in total. The van der Waals surface area contributed by atoms with E-state index in [1.54, 1.807) is 11.3 Å². The van der Waals surface area contributed by atoms with E-state index in [0.29, 0.717) is 13.1 Å². The van der Waals surface area contributed by atoms with E-state index in [4.69, 9.17) is 9.73 Å². The molecule has 2 aromatic rings. The number of rotatable bonds is 8. The Morgan fingerprint density at radius 2 is 2.34 bits per heavy atom. The van der Waals surface area contributed by atoms with E-state index in [0.717, 1.165) is 43.8 Å². The second-order valence-corrected chi connectivity index (χ2v) is 8.12. The van der Waals surface area contributed by atoms with E-state index < -0.39 is 0 Å². The van der Waals surface area contributed by atoms with Crippen LogP contribution in [-0.4, -0.2) is 64.5 Å². The summed E-state index contributed by atoms with van der Waals surface area (Å²) in [5.41, 5.74) is 0.